The molecule has 0 saturated carbocycles. The molecule has 0 aromatic rings. The van der Waals surface area contributed by atoms with E-state index < -0.39 is 0 Å². The van der Waals surface area contributed by atoms with Gasteiger partial charge in [0.2, 0.25) is 0 Å². The number of hydrogen-bond acceptors (Lipinski definition) is 3. The molecule has 0 aliphatic carbocycles. The molecule has 1 saturated heterocycles. The van der Waals surface area contributed by atoms with Gasteiger partial charge in [-0.25, -0.2) is 0 Å². The van der Waals surface area contributed by atoms with Crippen LogP contribution in [0.4, 0.5) is 0 Å². The lowest BCUT2D eigenvalue weighted by molar-refractivity contribution is -0.146. The summed E-state index contributed by atoms with van der Waals surface area (Å²) in [7, 11) is 0. The number of hydrogen-bond donors (Lipinski definition) is 0. The molecule has 11 heavy (non-hydrogen) atoms. The Balaban J connectivity index is 2.09. The highest BCUT2D eigenvalue weighted by Gasteiger charge is 2.09. The molecule has 1 fully saturated rings. The van der Waals surface area contributed by atoms with Crippen molar-refractivity contribution < 1.29 is 9.53 Å². The first kappa shape index (κ1) is 8.53. The Morgan fingerprint density at radius 1 is 1.36 bits per heavy atom. The number of rotatable bonds is 2. The highest BCUT2D eigenvalue weighted by atomic mass is 16.5. The van der Waals surface area contributed by atoms with Gasteiger partial charge in [-0.05, 0) is 12.8 Å². The van der Waals surface area contributed by atoms with E-state index in [0.717, 1.165) is 13.1 Å². The minimum atomic E-state index is -0.185. The first-order chi connectivity index (χ1) is 5.29. The lowest BCUT2D eigenvalue weighted by atomic mass is 10.1. The molecular weight excluding hydrogens is 142 g/mol. The molecule has 0 aromatic heterocycles. The van der Waals surface area contributed by atoms with Crippen molar-refractivity contribution in [3.05, 3.63) is 0 Å². The molecule has 0 amide bonds. The molecular formula is C8H15NO2. The van der Waals surface area contributed by atoms with Gasteiger partial charge < -0.3 is 4.74 Å². The second-order valence-corrected chi connectivity index (χ2v) is 2.94. The van der Waals surface area contributed by atoms with E-state index in [1.165, 1.54) is 26.2 Å². The van der Waals surface area contributed by atoms with E-state index in [4.69, 9.17) is 4.74 Å². The Morgan fingerprint density at radius 2 is 2.00 bits per heavy atom. The number of esters is 1. The van der Waals surface area contributed by atoms with Gasteiger partial charge in [0.1, 0.15) is 6.73 Å². The van der Waals surface area contributed by atoms with Crippen molar-refractivity contribution in [2.75, 3.05) is 19.8 Å². The van der Waals surface area contributed by atoms with Crippen LogP contribution in [0, 0.1) is 0 Å². The van der Waals surface area contributed by atoms with E-state index in [1.54, 1.807) is 0 Å². The van der Waals surface area contributed by atoms with Crippen LogP contribution in [0.3, 0.4) is 0 Å². The molecule has 0 unspecified atom stereocenters. The first-order valence-corrected chi connectivity index (χ1v) is 4.15. The standard InChI is InChI=1S/C8H15NO2/c1-8(10)11-7-9-5-3-2-4-6-9/h2-7H2,1H3. The Kier molecular flexibility index (Phi) is 3.36. The van der Waals surface area contributed by atoms with Gasteiger partial charge in [-0.15, -0.1) is 0 Å². The quantitative estimate of drug-likeness (QED) is 0.560. The third kappa shape index (κ3) is 3.37. The fourth-order valence-electron chi connectivity index (χ4n) is 1.27. The number of carbonyl (C=O) groups excluding carboxylic acids is 1. The van der Waals surface area contributed by atoms with Crippen molar-refractivity contribution in [3.63, 3.8) is 0 Å². The lowest BCUT2D eigenvalue weighted by Gasteiger charge is -2.25. The van der Waals surface area contributed by atoms with Gasteiger partial charge in [0.25, 0.3) is 0 Å². The molecule has 0 aromatic carbocycles. The maximum absolute atomic E-state index is 10.4. The van der Waals surface area contributed by atoms with Crippen LogP contribution in [-0.4, -0.2) is 30.7 Å². The zero-order chi connectivity index (χ0) is 8.10. The van der Waals surface area contributed by atoms with E-state index in [-0.39, 0.29) is 5.97 Å². The second kappa shape index (κ2) is 4.34. The van der Waals surface area contributed by atoms with Crippen LogP contribution in [0.25, 0.3) is 0 Å². The van der Waals surface area contributed by atoms with Gasteiger partial charge in [0.05, 0.1) is 0 Å². The summed E-state index contributed by atoms with van der Waals surface area (Å²) >= 11 is 0. The zero-order valence-corrected chi connectivity index (χ0v) is 7.01. The van der Waals surface area contributed by atoms with Crippen LogP contribution in [0.15, 0.2) is 0 Å². The van der Waals surface area contributed by atoms with E-state index in [9.17, 15) is 4.79 Å². The number of likely N-dealkylation sites (tertiary alicyclic amines) is 1. The molecule has 0 N–H and O–H groups in total. The summed E-state index contributed by atoms with van der Waals surface area (Å²) in [6, 6.07) is 0. The number of carbonyl (C=O) groups is 1. The van der Waals surface area contributed by atoms with Gasteiger partial charge in [-0.2, -0.15) is 0 Å². The van der Waals surface area contributed by atoms with Crippen molar-refractivity contribution in [2.45, 2.75) is 26.2 Å². The van der Waals surface area contributed by atoms with Gasteiger partial charge in [0.15, 0.2) is 0 Å². The lowest BCUT2D eigenvalue weighted by Crippen LogP contribution is -2.32. The molecule has 1 aliphatic rings. The average molecular weight is 157 g/mol. The van der Waals surface area contributed by atoms with Gasteiger partial charge in [-0.1, -0.05) is 6.42 Å². The molecule has 1 heterocycles. The van der Waals surface area contributed by atoms with E-state index in [2.05, 4.69) is 4.90 Å². The Morgan fingerprint density at radius 3 is 2.55 bits per heavy atom. The molecule has 0 radical (unpaired) electrons. The van der Waals surface area contributed by atoms with Crippen LogP contribution in [-0.2, 0) is 9.53 Å². The van der Waals surface area contributed by atoms with Crippen molar-refractivity contribution in [1.82, 2.24) is 4.90 Å². The summed E-state index contributed by atoms with van der Waals surface area (Å²) in [6.07, 6.45) is 3.79. The predicted octanol–water partition coefficient (Wildman–Crippen LogP) is 0.993. The largest absolute Gasteiger partial charge is 0.450 e. The molecule has 0 spiro atoms. The minimum absolute atomic E-state index is 0.185. The van der Waals surface area contributed by atoms with E-state index in [0.29, 0.717) is 6.73 Å². The molecule has 0 bridgehead atoms. The van der Waals surface area contributed by atoms with Gasteiger partial charge >= 0.3 is 5.97 Å². The summed E-state index contributed by atoms with van der Waals surface area (Å²) in [5, 5.41) is 0. The first-order valence-electron chi connectivity index (χ1n) is 4.15. The van der Waals surface area contributed by atoms with E-state index in [1.807, 2.05) is 0 Å². The Bertz CT molecular complexity index is 130. The number of nitrogens with zero attached hydrogens (tertiary/aromatic N) is 1. The molecule has 3 nitrogen and oxygen atoms in total. The van der Waals surface area contributed by atoms with Crippen molar-refractivity contribution in [1.29, 1.82) is 0 Å². The van der Waals surface area contributed by atoms with Crippen LogP contribution >= 0.6 is 0 Å². The van der Waals surface area contributed by atoms with Crippen molar-refractivity contribution in [3.8, 4) is 0 Å². The summed E-state index contributed by atoms with van der Waals surface area (Å²) < 4.78 is 4.87. The smallest absolute Gasteiger partial charge is 0.303 e. The zero-order valence-electron chi connectivity index (χ0n) is 7.01. The van der Waals surface area contributed by atoms with Gasteiger partial charge in [0, 0.05) is 20.0 Å². The van der Waals surface area contributed by atoms with Gasteiger partial charge in [-0.3, -0.25) is 9.69 Å². The monoisotopic (exact) mass is 157 g/mol. The molecule has 1 aliphatic heterocycles. The Hall–Kier alpha value is -0.570. The molecule has 64 valence electrons. The van der Waals surface area contributed by atoms with Crippen LogP contribution in [0.5, 0.6) is 0 Å². The average Bonchev–Trinajstić information content (AvgIpc) is 2.03. The maximum Gasteiger partial charge on any atom is 0.303 e. The SMILES string of the molecule is CC(=O)OCN1CCCCC1. The summed E-state index contributed by atoms with van der Waals surface area (Å²) in [5.41, 5.74) is 0. The third-order valence-electron chi connectivity index (χ3n) is 1.90. The summed E-state index contributed by atoms with van der Waals surface area (Å²) in [4.78, 5) is 12.6. The maximum atomic E-state index is 10.4. The summed E-state index contributed by atoms with van der Waals surface area (Å²) in [6.45, 7) is 4.08. The van der Waals surface area contributed by atoms with Crippen LogP contribution in [0.1, 0.15) is 26.2 Å². The second-order valence-electron chi connectivity index (χ2n) is 2.94. The topological polar surface area (TPSA) is 29.5 Å². The predicted molar refractivity (Wildman–Crippen MR) is 42.1 cm³/mol. The highest BCUT2D eigenvalue weighted by molar-refractivity contribution is 5.65. The third-order valence-corrected chi connectivity index (χ3v) is 1.90. The van der Waals surface area contributed by atoms with Crippen LogP contribution < -0.4 is 0 Å². The minimum Gasteiger partial charge on any atom is -0.450 e. The molecule has 0 atom stereocenters. The van der Waals surface area contributed by atoms with Crippen molar-refractivity contribution >= 4 is 5.97 Å². The number of piperidine rings is 1. The fraction of sp³-hybridized carbons (Fsp3) is 0.875. The fourth-order valence-corrected chi connectivity index (χ4v) is 1.27. The van der Waals surface area contributed by atoms with E-state index >= 15 is 0 Å². The molecule has 1 rings (SSSR count). The normalized spacial score (nSPS) is 19.7. The molecule has 3 heteroatoms. The summed E-state index contributed by atoms with van der Waals surface area (Å²) in [5.74, 6) is -0.185. The van der Waals surface area contributed by atoms with Crippen LogP contribution in [0.2, 0.25) is 0 Å². The van der Waals surface area contributed by atoms with Crippen molar-refractivity contribution in [2.24, 2.45) is 0 Å². The Labute approximate surface area is 67.3 Å². The highest BCUT2D eigenvalue weighted by Crippen LogP contribution is 2.07. The number of ether oxygens (including phenoxy) is 1.